The van der Waals surface area contributed by atoms with E-state index in [1.54, 1.807) is 0 Å². The third-order valence-electron chi connectivity index (χ3n) is 3.48. The fourth-order valence-corrected chi connectivity index (χ4v) is 3.78. The Hall–Kier alpha value is -0.660. The van der Waals surface area contributed by atoms with Crippen molar-refractivity contribution in [2.24, 2.45) is 11.7 Å². The van der Waals surface area contributed by atoms with Crippen LogP contribution in [0.3, 0.4) is 0 Å². The van der Waals surface area contributed by atoms with Gasteiger partial charge in [0.2, 0.25) is 0 Å². The van der Waals surface area contributed by atoms with Gasteiger partial charge >= 0.3 is 0 Å². The van der Waals surface area contributed by atoms with E-state index in [0.717, 1.165) is 25.7 Å². The molecule has 0 radical (unpaired) electrons. The summed E-state index contributed by atoms with van der Waals surface area (Å²) in [4.78, 5) is 0. The van der Waals surface area contributed by atoms with Crippen molar-refractivity contribution >= 4 is 16.0 Å². The first-order valence-electron chi connectivity index (χ1n) is 6.90. The Kier molecular flexibility index (Phi) is 5.76. The first-order valence-corrected chi connectivity index (χ1v) is 8.39. The maximum Gasteiger partial charge on any atom is 0.277 e. The smallest absolute Gasteiger partial charge is 0.277 e. The number of rotatable bonds is 6. The van der Waals surface area contributed by atoms with Gasteiger partial charge in [0.15, 0.2) is 0 Å². The van der Waals surface area contributed by atoms with Crippen LogP contribution in [0, 0.1) is 11.3 Å². The van der Waals surface area contributed by atoms with Crippen molar-refractivity contribution in [1.29, 1.82) is 5.41 Å². The largest absolute Gasteiger partial charge is 0.386 e. The van der Waals surface area contributed by atoms with Gasteiger partial charge in [-0.1, -0.05) is 39.5 Å². The van der Waals surface area contributed by atoms with E-state index in [1.807, 2.05) is 13.8 Å². The molecule has 6 nitrogen and oxygen atoms in total. The molecule has 0 unspecified atom stereocenters. The summed E-state index contributed by atoms with van der Waals surface area (Å²) in [6.07, 6.45) is 5.13. The monoisotopic (exact) mass is 290 g/mol. The van der Waals surface area contributed by atoms with Crippen molar-refractivity contribution in [2.75, 3.05) is 6.54 Å². The molecule has 19 heavy (non-hydrogen) atoms. The van der Waals surface area contributed by atoms with E-state index in [4.69, 9.17) is 11.1 Å². The van der Waals surface area contributed by atoms with E-state index in [9.17, 15) is 8.42 Å². The van der Waals surface area contributed by atoms with E-state index in [2.05, 4.69) is 9.44 Å². The van der Waals surface area contributed by atoms with Crippen LogP contribution in [0.5, 0.6) is 0 Å². The average molecular weight is 290 g/mol. The third-order valence-corrected chi connectivity index (χ3v) is 4.69. The summed E-state index contributed by atoms with van der Waals surface area (Å²) in [5, 5.41) is 7.75. The quantitative estimate of drug-likeness (QED) is 0.334. The van der Waals surface area contributed by atoms with Crippen molar-refractivity contribution in [3.8, 4) is 0 Å². The zero-order chi connectivity index (χ0) is 14.5. The van der Waals surface area contributed by atoms with Gasteiger partial charge in [0.1, 0.15) is 5.84 Å². The molecule has 0 spiro atoms. The predicted octanol–water partition coefficient (Wildman–Crippen LogP) is 1.10. The molecule has 5 N–H and O–H groups in total. The maximum atomic E-state index is 12.1. The SMILES string of the molecule is CC(C)CNS(=O)(=O)NC1(C(=N)N)CCCCCC1. The van der Waals surface area contributed by atoms with Crippen molar-refractivity contribution in [3.05, 3.63) is 0 Å². The van der Waals surface area contributed by atoms with Gasteiger partial charge in [-0.3, -0.25) is 5.41 Å². The van der Waals surface area contributed by atoms with Crippen LogP contribution in [-0.2, 0) is 10.2 Å². The molecule has 112 valence electrons. The number of amidine groups is 1. The number of hydrogen-bond acceptors (Lipinski definition) is 3. The second-order valence-electron chi connectivity index (χ2n) is 5.76. The Labute approximate surface area is 116 Å². The number of nitrogens with two attached hydrogens (primary N) is 1. The van der Waals surface area contributed by atoms with Crippen LogP contribution in [-0.4, -0.2) is 26.3 Å². The zero-order valence-corrected chi connectivity index (χ0v) is 12.6. The second kappa shape index (κ2) is 6.67. The van der Waals surface area contributed by atoms with Gasteiger partial charge in [-0.15, -0.1) is 0 Å². The Balaban J connectivity index is 2.80. The molecule has 1 rings (SSSR count). The third kappa shape index (κ3) is 5.08. The molecule has 0 aromatic carbocycles. The fourth-order valence-electron chi connectivity index (χ4n) is 2.33. The number of hydrogen-bond donors (Lipinski definition) is 4. The minimum absolute atomic E-state index is 0.0793. The Bertz CT molecular complexity index is 398. The van der Waals surface area contributed by atoms with Gasteiger partial charge in [-0.25, -0.2) is 4.72 Å². The van der Waals surface area contributed by atoms with E-state index in [-0.39, 0.29) is 11.8 Å². The van der Waals surface area contributed by atoms with Gasteiger partial charge in [0.25, 0.3) is 10.2 Å². The Morgan fingerprint density at radius 1 is 1.26 bits per heavy atom. The molecular formula is C12H26N4O2S. The highest BCUT2D eigenvalue weighted by Gasteiger charge is 2.37. The highest BCUT2D eigenvalue weighted by molar-refractivity contribution is 7.87. The molecule has 0 aliphatic heterocycles. The normalized spacial score (nSPS) is 20.2. The van der Waals surface area contributed by atoms with E-state index >= 15 is 0 Å². The van der Waals surface area contributed by atoms with E-state index in [1.165, 1.54) is 0 Å². The molecule has 7 heteroatoms. The van der Waals surface area contributed by atoms with Crippen LogP contribution >= 0.6 is 0 Å². The summed E-state index contributed by atoms with van der Waals surface area (Å²) in [7, 11) is -3.62. The minimum atomic E-state index is -3.62. The molecular weight excluding hydrogens is 264 g/mol. The molecule has 0 aromatic heterocycles. The molecule has 0 heterocycles. The molecule has 1 aliphatic carbocycles. The van der Waals surface area contributed by atoms with Crippen molar-refractivity contribution in [1.82, 2.24) is 9.44 Å². The summed E-state index contributed by atoms with van der Waals surface area (Å²) in [6, 6.07) is 0. The topological polar surface area (TPSA) is 108 Å². The van der Waals surface area contributed by atoms with Crippen molar-refractivity contribution in [3.63, 3.8) is 0 Å². The zero-order valence-electron chi connectivity index (χ0n) is 11.8. The molecule has 1 aliphatic rings. The molecule has 0 amide bonds. The number of nitrogens with one attached hydrogen (secondary N) is 3. The fraction of sp³-hybridized carbons (Fsp3) is 0.917. The lowest BCUT2D eigenvalue weighted by Gasteiger charge is -2.32. The summed E-state index contributed by atoms with van der Waals surface area (Å²) in [5.41, 5.74) is 4.76. The summed E-state index contributed by atoms with van der Waals surface area (Å²) >= 11 is 0. The highest BCUT2D eigenvalue weighted by Crippen LogP contribution is 2.27. The molecule has 1 saturated carbocycles. The molecule has 0 bridgehead atoms. The Morgan fingerprint density at radius 3 is 2.21 bits per heavy atom. The summed E-state index contributed by atoms with van der Waals surface area (Å²) in [6.45, 7) is 4.26. The van der Waals surface area contributed by atoms with Crippen LogP contribution in [0.25, 0.3) is 0 Å². The van der Waals surface area contributed by atoms with Gasteiger partial charge in [0.05, 0.1) is 5.54 Å². The van der Waals surface area contributed by atoms with Gasteiger partial charge in [-0.05, 0) is 18.8 Å². The lowest BCUT2D eigenvalue weighted by Crippen LogP contribution is -2.59. The van der Waals surface area contributed by atoms with Crippen LogP contribution in [0.1, 0.15) is 52.4 Å². The van der Waals surface area contributed by atoms with Crippen LogP contribution in [0.15, 0.2) is 0 Å². The Morgan fingerprint density at radius 2 is 1.79 bits per heavy atom. The van der Waals surface area contributed by atoms with Gasteiger partial charge in [-0.2, -0.15) is 13.1 Å². The van der Waals surface area contributed by atoms with Gasteiger partial charge in [0, 0.05) is 6.54 Å². The first kappa shape index (κ1) is 16.4. The standard InChI is InChI=1S/C12H26N4O2S/c1-10(2)9-15-19(17,18)16-12(11(13)14)7-5-3-4-6-8-12/h10,15-16H,3-9H2,1-2H3,(H3,13,14). The second-order valence-corrected chi connectivity index (χ2v) is 7.26. The highest BCUT2D eigenvalue weighted by atomic mass is 32.2. The molecule has 0 aromatic rings. The molecule has 0 saturated heterocycles. The lowest BCUT2D eigenvalue weighted by atomic mass is 9.90. The van der Waals surface area contributed by atoms with Crippen molar-refractivity contribution < 1.29 is 8.42 Å². The van der Waals surface area contributed by atoms with Crippen LogP contribution < -0.4 is 15.2 Å². The lowest BCUT2D eigenvalue weighted by molar-refractivity contribution is 0.428. The summed E-state index contributed by atoms with van der Waals surface area (Å²) < 4.78 is 29.2. The van der Waals surface area contributed by atoms with E-state index < -0.39 is 15.7 Å². The van der Waals surface area contributed by atoms with E-state index in [0.29, 0.717) is 19.4 Å². The predicted molar refractivity (Wildman–Crippen MR) is 77.2 cm³/mol. The van der Waals surface area contributed by atoms with Crippen LogP contribution in [0.4, 0.5) is 0 Å². The molecule has 0 atom stereocenters. The minimum Gasteiger partial charge on any atom is -0.386 e. The van der Waals surface area contributed by atoms with Crippen molar-refractivity contribution in [2.45, 2.75) is 57.9 Å². The molecule has 1 fully saturated rings. The van der Waals surface area contributed by atoms with Gasteiger partial charge < -0.3 is 5.73 Å². The summed E-state index contributed by atoms with van der Waals surface area (Å²) in [5.74, 6) is 0.156. The average Bonchev–Trinajstić information content (AvgIpc) is 2.53. The maximum absolute atomic E-state index is 12.1. The first-order chi connectivity index (χ1) is 8.77. The van der Waals surface area contributed by atoms with Crippen LogP contribution in [0.2, 0.25) is 0 Å².